The molecular weight excluding hydrogens is 365 g/mol. The van der Waals surface area contributed by atoms with Crippen LogP contribution in [0.1, 0.15) is 22.0 Å². The number of benzene rings is 2. The van der Waals surface area contributed by atoms with Crippen LogP contribution in [0.15, 0.2) is 54.6 Å². The number of phenols is 1. The topological polar surface area (TPSA) is 98.7 Å². The number of aliphatic hydroxyl groups is 1. The quantitative estimate of drug-likeness (QED) is 0.615. The zero-order chi connectivity index (χ0) is 19.8. The van der Waals surface area contributed by atoms with Crippen molar-refractivity contribution in [1.29, 1.82) is 0 Å². The Bertz CT molecular complexity index is 855. The van der Waals surface area contributed by atoms with E-state index in [-0.39, 0.29) is 16.9 Å². The number of carbonyl (C=O) groups is 2. The largest absolute Gasteiger partial charge is 0.508 e. The van der Waals surface area contributed by atoms with Gasteiger partial charge in [-0.1, -0.05) is 42.5 Å². The van der Waals surface area contributed by atoms with Crippen molar-refractivity contribution in [2.45, 2.75) is 17.9 Å². The average Bonchev–Trinajstić information content (AvgIpc) is 2.61. The Morgan fingerprint density at radius 1 is 1.04 bits per heavy atom. The molecule has 0 spiro atoms. The zero-order valence-electron chi connectivity index (χ0n) is 13.7. The summed E-state index contributed by atoms with van der Waals surface area (Å²) in [5.41, 5.74) is -3.70. The van der Waals surface area contributed by atoms with Crippen molar-refractivity contribution < 1.29 is 33.0 Å². The molecule has 0 aromatic heterocycles. The van der Waals surface area contributed by atoms with Crippen LogP contribution in [-0.2, 0) is 0 Å². The van der Waals surface area contributed by atoms with Crippen molar-refractivity contribution in [3.05, 3.63) is 65.7 Å². The molecule has 9 heteroatoms. The molecule has 1 saturated heterocycles. The molecule has 0 radical (unpaired) electrons. The normalized spacial score (nSPS) is 25.4. The molecule has 6 nitrogen and oxygen atoms in total. The minimum atomic E-state index is -5.31. The van der Waals surface area contributed by atoms with Gasteiger partial charge in [-0.05, 0) is 17.7 Å². The Morgan fingerprint density at radius 2 is 1.63 bits per heavy atom. The number of hydrogen-bond donors (Lipinski definition) is 4. The Morgan fingerprint density at radius 3 is 2.19 bits per heavy atom. The van der Waals surface area contributed by atoms with Gasteiger partial charge < -0.3 is 20.8 Å². The highest BCUT2D eigenvalue weighted by atomic mass is 19.4. The van der Waals surface area contributed by atoms with Crippen LogP contribution >= 0.6 is 0 Å². The summed E-state index contributed by atoms with van der Waals surface area (Å²) in [4.78, 5) is 24.8. The number of aromatic hydroxyl groups is 1. The summed E-state index contributed by atoms with van der Waals surface area (Å²) in [6.45, 7) is 0. The lowest BCUT2D eigenvalue weighted by Gasteiger charge is -2.45. The third kappa shape index (κ3) is 3.33. The second-order valence-electron chi connectivity index (χ2n) is 6.14. The number of ketones is 1. The van der Waals surface area contributed by atoms with Crippen molar-refractivity contribution in [3.63, 3.8) is 0 Å². The molecule has 2 amide bonds. The van der Waals surface area contributed by atoms with Crippen molar-refractivity contribution in [2.75, 3.05) is 0 Å². The Hall–Kier alpha value is -3.07. The molecule has 2 aromatic rings. The van der Waals surface area contributed by atoms with Crippen molar-refractivity contribution in [1.82, 2.24) is 10.6 Å². The molecule has 2 aromatic carbocycles. The summed E-state index contributed by atoms with van der Waals surface area (Å²) in [6.07, 6.45) is -5.31. The number of carbonyl (C=O) groups excluding carboxylic acids is 2. The van der Waals surface area contributed by atoms with Crippen LogP contribution in [0.4, 0.5) is 18.0 Å². The van der Waals surface area contributed by atoms with E-state index in [9.17, 15) is 33.0 Å². The maximum atomic E-state index is 13.7. The molecule has 3 rings (SSSR count). The lowest BCUT2D eigenvalue weighted by Crippen LogP contribution is -2.72. The molecular formula is C18H15F3N2O4. The van der Waals surface area contributed by atoms with Crippen molar-refractivity contribution >= 4 is 11.8 Å². The summed E-state index contributed by atoms with van der Waals surface area (Å²) in [7, 11) is 0. The summed E-state index contributed by atoms with van der Waals surface area (Å²) in [5.74, 6) is -3.24. The molecule has 0 unspecified atom stereocenters. The van der Waals surface area contributed by atoms with E-state index in [1.54, 1.807) is 6.07 Å². The van der Waals surface area contributed by atoms with Gasteiger partial charge in [0.2, 0.25) is 5.72 Å². The first-order valence-corrected chi connectivity index (χ1v) is 7.89. The number of phenolic OH excluding ortho intramolecular Hbond substituents is 1. The molecule has 142 valence electrons. The van der Waals surface area contributed by atoms with Gasteiger partial charge in [0.05, 0.1) is 6.04 Å². The van der Waals surface area contributed by atoms with Crippen LogP contribution in [0.2, 0.25) is 0 Å². The molecule has 1 aliphatic heterocycles. The molecule has 1 aliphatic rings. The van der Waals surface area contributed by atoms with Gasteiger partial charge in [-0.25, -0.2) is 4.79 Å². The molecule has 0 bridgehead atoms. The van der Waals surface area contributed by atoms with Crippen molar-refractivity contribution in [2.24, 2.45) is 5.92 Å². The number of hydrogen-bond acceptors (Lipinski definition) is 4. The van der Waals surface area contributed by atoms with Crippen LogP contribution in [-0.4, -0.2) is 33.9 Å². The van der Waals surface area contributed by atoms with E-state index in [1.807, 2.05) is 0 Å². The van der Waals surface area contributed by atoms with E-state index >= 15 is 0 Å². The van der Waals surface area contributed by atoms with E-state index in [0.29, 0.717) is 0 Å². The first kappa shape index (κ1) is 18.7. The summed E-state index contributed by atoms with van der Waals surface area (Å²) in [5, 5.41) is 23.5. The molecule has 27 heavy (non-hydrogen) atoms. The number of nitrogens with one attached hydrogen (secondary N) is 2. The number of rotatable bonds is 3. The van der Waals surface area contributed by atoms with Gasteiger partial charge in [-0.2, -0.15) is 13.2 Å². The first-order valence-electron chi connectivity index (χ1n) is 7.89. The maximum absolute atomic E-state index is 13.7. The average molecular weight is 380 g/mol. The predicted molar refractivity (Wildman–Crippen MR) is 87.8 cm³/mol. The highest BCUT2D eigenvalue weighted by Gasteiger charge is 2.66. The van der Waals surface area contributed by atoms with Gasteiger partial charge in [0, 0.05) is 5.56 Å². The van der Waals surface area contributed by atoms with E-state index in [0.717, 1.165) is 0 Å². The maximum Gasteiger partial charge on any atom is 0.437 e. The molecule has 4 N–H and O–H groups in total. The van der Waals surface area contributed by atoms with E-state index in [1.165, 1.54) is 53.8 Å². The standard InChI is InChI=1S/C18H15F3N2O4/c19-18(20,21)17(27)13(15(25)11-4-2-1-3-5-11)14(22-16(26)23-17)10-6-8-12(24)9-7-10/h1-9,13-14,24,27H,(H2,22,23,26)/t13-,14-,17-/m1/s1. The third-order valence-corrected chi connectivity index (χ3v) is 4.40. The van der Waals surface area contributed by atoms with Gasteiger partial charge in [0.15, 0.2) is 5.78 Å². The minimum Gasteiger partial charge on any atom is -0.508 e. The SMILES string of the molecule is O=C1N[C@H](c2ccc(O)cc2)[C@H](C(=O)c2ccccc2)[C@@](O)(C(F)(F)F)N1. The molecule has 1 heterocycles. The van der Waals surface area contributed by atoms with Gasteiger partial charge in [-0.15, -0.1) is 0 Å². The molecule has 1 fully saturated rings. The lowest BCUT2D eigenvalue weighted by atomic mass is 9.77. The van der Waals surface area contributed by atoms with Gasteiger partial charge in [-0.3, -0.25) is 4.79 Å². The fraction of sp³-hybridized carbons (Fsp3) is 0.222. The lowest BCUT2D eigenvalue weighted by molar-refractivity contribution is -0.287. The van der Waals surface area contributed by atoms with Crippen molar-refractivity contribution in [3.8, 4) is 5.75 Å². The van der Waals surface area contributed by atoms with Crippen LogP contribution < -0.4 is 10.6 Å². The van der Waals surface area contributed by atoms with Crippen LogP contribution in [0.3, 0.4) is 0 Å². The second kappa shape index (κ2) is 6.58. The molecule has 0 aliphatic carbocycles. The second-order valence-corrected chi connectivity index (χ2v) is 6.14. The Balaban J connectivity index is 2.15. The monoisotopic (exact) mass is 380 g/mol. The zero-order valence-corrected chi connectivity index (χ0v) is 13.7. The van der Waals surface area contributed by atoms with Crippen LogP contribution in [0.25, 0.3) is 0 Å². The molecule has 0 saturated carbocycles. The number of alkyl halides is 3. The number of amides is 2. The molecule has 3 atom stereocenters. The third-order valence-electron chi connectivity index (χ3n) is 4.40. The van der Waals surface area contributed by atoms with Gasteiger partial charge in [0.1, 0.15) is 11.7 Å². The number of halogens is 3. The Labute approximate surface area is 151 Å². The van der Waals surface area contributed by atoms with Crippen LogP contribution in [0, 0.1) is 5.92 Å². The Kier molecular flexibility index (Phi) is 4.56. The highest BCUT2D eigenvalue weighted by Crippen LogP contribution is 2.44. The van der Waals surface area contributed by atoms with E-state index in [2.05, 4.69) is 5.32 Å². The summed E-state index contributed by atoms with van der Waals surface area (Å²) >= 11 is 0. The smallest absolute Gasteiger partial charge is 0.437 e. The van der Waals surface area contributed by atoms with Gasteiger partial charge in [0.25, 0.3) is 0 Å². The fourth-order valence-corrected chi connectivity index (χ4v) is 3.08. The highest BCUT2D eigenvalue weighted by molar-refractivity contribution is 6.00. The minimum absolute atomic E-state index is 0.0492. The summed E-state index contributed by atoms with van der Waals surface area (Å²) in [6, 6.07) is 9.40. The fourth-order valence-electron chi connectivity index (χ4n) is 3.08. The first-order chi connectivity index (χ1) is 12.6. The van der Waals surface area contributed by atoms with E-state index < -0.39 is 35.7 Å². The number of urea groups is 1. The van der Waals surface area contributed by atoms with Gasteiger partial charge >= 0.3 is 12.2 Å². The summed E-state index contributed by atoms with van der Waals surface area (Å²) < 4.78 is 41.1. The van der Waals surface area contributed by atoms with Crippen LogP contribution in [0.5, 0.6) is 5.75 Å². The van der Waals surface area contributed by atoms with E-state index in [4.69, 9.17) is 0 Å². The number of Topliss-reactive ketones (excluding diaryl/α,β-unsaturated/α-hetero) is 1. The predicted octanol–water partition coefficient (Wildman–Crippen LogP) is 2.50.